The van der Waals surface area contributed by atoms with Crippen LogP contribution in [0.5, 0.6) is 0 Å². The van der Waals surface area contributed by atoms with Crippen molar-refractivity contribution in [2.24, 2.45) is 11.8 Å². The minimum absolute atomic E-state index is 0.144. The lowest BCUT2D eigenvalue weighted by Crippen LogP contribution is -2.30. The average Bonchev–Trinajstić information content (AvgIpc) is 2.75. The molecule has 2 aliphatic heterocycles. The van der Waals surface area contributed by atoms with Gasteiger partial charge in [-0.15, -0.1) is 0 Å². The Morgan fingerprint density at radius 1 is 1.12 bits per heavy atom. The van der Waals surface area contributed by atoms with Crippen LogP contribution in [0.3, 0.4) is 0 Å². The first-order valence-corrected chi connectivity index (χ1v) is 8.93. The molecule has 0 aromatic heterocycles. The zero-order chi connectivity index (χ0) is 17.4. The van der Waals surface area contributed by atoms with Gasteiger partial charge in [0, 0.05) is 18.6 Å². The van der Waals surface area contributed by atoms with E-state index in [-0.39, 0.29) is 18.1 Å². The smallest absolute Gasteiger partial charge is 0.331 e. The first-order valence-electron chi connectivity index (χ1n) is 8.93. The summed E-state index contributed by atoms with van der Waals surface area (Å²) in [4.78, 5) is 21.8. The number of esters is 1. The summed E-state index contributed by atoms with van der Waals surface area (Å²) in [5, 5.41) is 12.0. The number of aliphatic carboxylic acids is 1. The molecule has 0 spiro atoms. The van der Waals surface area contributed by atoms with E-state index in [4.69, 9.17) is 14.6 Å². The van der Waals surface area contributed by atoms with Crippen molar-refractivity contribution in [1.29, 1.82) is 0 Å². The number of carbonyl (C=O) groups is 2. The molecule has 2 N–H and O–H groups in total. The van der Waals surface area contributed by atoms with E-state index in [1.54, 1.807) is 0 Å². The van der Waals surface area contributed by atoms with Crippen LogP contribution in [0.25, 0.3) is 0 Å². The van der Waals surface area contributed by atoms with E-state index in [2.05, 4.69) is 11.9 Å². The van der Waals surface area contributed by atoms with Gasteiger partial charge < -0.3 is 19.9 Å². The standard InChI is InChI=1S/C11H16O5.C7H13N/c1-8(11(13)14)7-10(12)16-9-3-2-5-15-6-4-9;1-2-7-3-6(1)4-8-5-7/h9H,1-7H2,(H,13,14);6-8H,1-5H2. The predicted octanol–water partition coefficient (Wildman–Crippen LogP) is 2.14. The Hall–Kier alpha value is -1.40. The fourth-order valence-corrected chi connectivity index (χ4v) is 3.51. The molecule has 2 heterocycles. The summed E-state index contributed by atoms with van der Waals surface area (Å²) < 4.78 is 10.4. The van der Waals surface area contributed by atoms with E-state index >= 15 is 0 Å². The highest BCUT2D eigenvalue weighted by Crippen LogP contribution is 2.32. The Morgan fingerprint density at radius 3 is 2.46 bits per heavy atom. The van der Waals surface area contributed by atoms with Crippen LogP contribution < -0.4 is 5.32 Å². The highest BCUT2D eigenvalue weighted by molar-refractivity contribution is 5.91. The van der Waals surface area contributed by atoms with Crippen molar-refractivity contribution < 1.29 is 24.2 Å². The zero-order valence-corrected chi connectivity index (χ0v) is 14.3. The first kappa shape index (κ1) is 18.9. The Bertz CT molecular complexity index is 429. The molecule has 6 nitrogen and oxygen atoms in total. The highest BCUT2D eigenvalue weighted by atomic mass is 16.5. The van der Waals surface area contributed by atoms with E-state index in [0.717, 1.165) is 24.7 Å². The molecule has 0 aromatic carbocycles. The maximum absolute atomic E-state index is 11.4. The molecule has 1 aliphatic carbocycles. The topological polar surface area (TPSA) is 84.9 Å². The van der Waals surface area contributed by atoms with Crippen LogP contribution in [0.15, 0.2) is 12.2 Å². The van der Waals surface area contributed by atoms with Crippen LogP contribution in [0, 0.1) is 11.8 Å². The summed E-state index contributed by atoms with van der Waals surface area (Å²) in [7, 11) is 0. The summed E-state index contributed by atoms with van der Waals surface area (Å²) in [5.41, 5.74) is -0.144. The molecule has 3 atom stereocenters. The second-order valence-electron chi connectivity index (χ2n) is 6.94. The van der Waals surface area contributed by atoms with E-state index < -0.39 is 11.9 Å². The molecule has 24 heavy (non-hydrogen) atoms. The van der Waals surface area contributed by atoms with E-state index in [1.165, 1.54) is 32.4 Å². The Labute approximate surface area is 143 Å². The normalized spacial score (nSPS) is 28.9. The number of fused-ring (bicyclic) bond motifs is 2. The summed E-state index contributed by atoms with van der Waals surface area (Å²) in [6, 6.07) is 0. The van der Waals surface area contributed by atoms with Gasteiger partial charge in [0.15, 0.2) is 0 Å². The third-order valence-corrected chi connectivity index (χ3v) is 4.87. The van der Waals surface area contributed by atoms with Gasteiger partial charge in [-0.3, -0.25) is 4.79 Å². The summed E-state index contributed by atoms with van der Waals surface area (Å²) >= 11 is 0. The SMILES string of the molecule is C1CC2CNCC1C2.C=C(CC(=O)OC1CCCOCC1)C(=O)O. The van der Waals surface area contributed by atoms with Crippen molar-refractivity contribution in [1.82, 2.24) is 5.32 Å². The van der Waals surface area contributed by atoms with E-state index in [9.17, 15) is 9.59 Å². The van der Waals surface area contributed by atoms with Crippen molar-refractivity contribution in [3.63, 3.8) is 0 Å². The number of carbonyl (C=O) groups excluding carboxylic acids is 1. The number of ether oxygens (including phenoxy) is 2. The van der Waals surface area contributed by atoms with Crippen molar-refractivity contribution in [3.8, 4) is 0 Å². The van der Waals surface area contributed by atoms with Crippen LogP contribution in [0.4, 0.5) is 0 Å². The molecule has 2 saturated heterocycles. The van der Waals surface area contributed by atoms with Crippen LogP contribution in [0.1, 0.15) is 44.9 Å². The first-order chi connectivity index (χ1) is 11.5. The van der Waals surface area contributed by atoms with Gasteiger partial charge >= 0.3 is 11.9 Å². The predicted molar refractivity (Wildman–Crippen MR) is 89.6 cm³/mol. The van der Waals surface area contributed by atoms with Crippen molar-refractivity contribution >= 4 is 11.9 Å². The molecular weight excluding hydrogens is 310 g/mol. The quantitative estimate of drug-likeness (QED) is 0.603. The largest absolute Gasteiger partial charge is 0.478 e. The number of carboxylic acid groups (broad SMARTS) is 1. The number of carboxylic acids is 1. The molecule has 1 saturated carbocycles. The molecule has 0 aromatic rings. The summed E-state index contributed by atoms with van der Waals surface area (Å²) in [5.74, 6) is 0.406. The molecule has 0 amide bonds. The summed E-state index contributed by atoms with van der Waals surface area (Å²) in [6.07, 6.45) is 6.40. The molecule has 3 rings (SSSR count). The Kier molecular flexibility index (Phi) is 7.72. The monoisotopic (exact) mass is 339 g/mol. The van der Waals surface area contributed by atoms with Crippen LogP contribution in [0.2, 0.25) is 0 Å². The van der Waals surface area contributed by atoms with Gasteiger partial charge in [0.25, 0.3) is 0 Å². The maximum Gasteiger partial charge on any atom is 0.331 e. The lowest BCUT2D eigenvalue weighted by Gasteiger charge is -2.18. The third-order valence-electron chi connectivity index (χ3n) is 4.87. The number of hydrogen-bond donors (Lipinski definition) is 2. The van der Waals surface area contributed by atoms with Gasteiger partial charge in [0.2, 0.25) is 0 Å². The molecule has 3 unspecified atom stereocenters. The molecule has 2 bridgehead atoms. The van der Waals surface area contributed by atoms with Gasteiger partial charge in [-0.05, 0) is 57.0 Å². The molecule has 6 heteroatoms. The van der Waals surface area contributed by atoms with Gasteiger partial charge in [-0.2, -0.15) is 0 Å². The fourth-order valence-electron chi connectivity index (χ4n) is 3.51. The molecule has 0 radical (unpaired) electrons. The van der Waals surface area contributed by atoms with Gasteiger partial charge in [0.1, 0.15) is 6.10 Å². The van der Waals surface area contributed by atoms with Gasteiger partial charge in [-0.1, -0.05) is 6.58 Å². The van der Waals surface area contributed by atoms with Crippen molar-refractivity contribution in [2.45, 2.75) is 51.0 Å². The minimum Gasteiger partial charge on any atom is -0.478 e. The van der Waals surface area contributed by atoms with Crippen molar-refractivity contribution in [3.05, 3.63) is 12.2 Å². The van der Waals surface area contributed by atoms with Crippen LogP contribution in [-0.2, 0) is 19.1 Å². The number of nitrogens with one attached hydrogen (secondary N) is 1. The van der Waals surface area contributed by atoms with Crippen molar-refractivity contribution in [2.75, 3.05) is 26.3 Å². The highest BCUT2D eigenvalue weighted by Gasteiger charge is 2.27. The molecular formula is C18H29NO5. The second-order valence-corrected chi connectivity index (χ2v) is 6.94. The zero-order valence-electron chi connectivity index (χ0n) is 14.3. The molecule has 3 fully saturated rings. The Balaban J connectivity index is 0.000000214. The fraction of sp³-hybridized carbons (Fsp3) is 0.778. The second kappa shape index (κ2) is 9.79. The lowest BCUT2D eigenvalue weighted by atomic mass is 10.0. The summed E-state index contributed by atoms with van der Waals surface area (Å²) in [6.45, 7) is 7.16. The lowest BCUT2D eigenvalue weighted by molar-refractivity contribution is -0.150. The minimum atomic E-state index is -1.17. The van der Waals surface area contributed by atoms with E-state index in [0.29, 0.717) is 19.6 Å². The maximum atomic E-state index is 11.4. The molecule has 136 valence electrons. The van der Waals surface area contributed by atoms with Gasteiger partial charge in [-0.25, -0.2) is 4.79 Å². The number of hydrogen-bond acceptors (Lipinski definition) is 5. The van der Waals surface area contributed by atoms with E-state index in [1.807, 2.05) is 0 Å². The van der Waals surface area contributed by atoms with Crippen LogP contribution in [-0.4, -0.2) is 49.5 Å². The average molecular weight is 339 g/mol. The van der Waals surface area contributed by atoms with Crippen LogP contribution >= 0.6 is 0 Å². The Morgan fingerprint density at radius 2 is 1.83 bits per heavy atom. The number of rotatable bonds is 4. The molecule has 3 aliphatic rings. The van der Waals surface area contributed by atoms with Gasteiger partial charge in [0.05, 0.1) is 13.0 Å². The number of piperidine rings is 1. The third kappa shape index (κ3) is 6.61.